The summed E-state index contributed by atoms with van der Waals surface area (Å²) in [4.78, 5) is 0. The Morgan fingerprint density at radius 3 is 2.20 bits per heavy atom. The van der Waals surface area contributed by atoms with Gasteiger partial charge in [-0.15, -0.1) is 0 Å². The molecule has 1 nitrogen and oxygen atoms in total. The maximum atomic E-state index is 5.32. The third-order valence-corrected chi connectivity index (χ3v) is 1.27. The number of hydrogen-bond acceptors (Lipinski definition) is 1. The van der Waals surface area contributed by atoms with Crippen molar-refractivity contribution in [2.45, 2.75) is 13.3 Å². The van der Waals surface area contributed by atoms with Gasteiger partial charge in [-0.3, -0.25) is 0 Å². The van der Waals surface area contributed by atoms with E-state index in [1.807, 2.05) is 12.2 Å². The highest BCUT2D eigenvalue weighted by molar-refractivity contribution is 5.24. The Morgan fingerprint density at radius 1 is 1.30 bits per heavy atom. The van der Waals surface area contributed by atoms with Gasteiger partial charge in [-0.2, -0.15) is 0 Å². The van der Waals surface area contributed by atoms with Crippen LogP contribution in [0.2, 0.25) is 0 Å². The minimum absolute atomic E-state index is 0.521. The van der Waals surface area contributed by atoms with E-state index in [2.05, 4.69) is 20.1 Å². The summed E-state index contributed by atoms with van der Waals surface area (Å²) >= 11 is 0. The number of hydrogen-bond donors (Lipinski definition) is 1. The average molecular weight is 137 g/mol. The van der Waals surface area contributed by atoms with Crippen molar-refractivity contribution in [1.29, 1.82) is 0 Å². The maximum Gasteiger partial charge on any atom is 0.0172 e. The molecule has 56 valence electrons. The third kappa shape index (κ3) is 4.10. The van der Waals surface area contributed by atoms with Gasteiger partial charge >= 0.3 is 0 Å². The molecule has 1 heteroatoms. The fourth-order valence-electron chi connectivity index (χ4n) is 0.422. The molecule has 0 aromatic heterocycles. The van der Waals surface area contributed by atoms with Gasteiger partial charge in [0.1, 0.15) is 0 Å². The monoisotopic (exact) mass is 137 g/mol. The molecule has 0 saturated heterocycles. The number of nitrogens with two attached hydrogens (primary N) is 1. The fraction of sp³-hybridized carbons (Fsp3) is 0.333. The molecule has 0 aliphatic carbocycles. The van der Waals surface area contributed by atoms with Gasteiger partial charge in [-0.25, -0.2) is 0 Å². The van der Waals surface area contributed by atoms with Crippen LogP contribution in [0.1, 0.15) is 13.3 Å². The maximum absolute atomic E-state index is 5.32. The van der Waals surface area contributed by atoms with Crippen LogP contribution in [-0.4, -0.2) is 6.54 Å². The Morgan fingerprint density at radius 2 is 1.80 bits per heavy atom. The van der Waals surface area contributed by atoms with Crippen molar-refractivity contribution < 1.29 is 0 Å². The van der Waals surface area contributed by atoms with E-state index in [1.165, 1.54) is 0 Å². The second kappa shape index (κ2) is 5.00. The minimum Gasteiger partial charge on any atom is -0.327 e. The van der Waals surface area contributed by atoms with E-state index < -0.39 is 0 Å². The Balaban J connectivity index is 3.75. The molecule has 10 heavy (non-hydrogen) atoms. The zero-order valence-electron chi connectivity index (χ0n) is 6.56. The second-order valence-corrected chi connectivity index (χ2v) is 2.21. The van der Waals surface area contributed by atoms with Gasteiger partial charge in [-0.1, -0.05) is 37.8 Å². The van der Waals surface area contributed by atoms with E-state index in [9.17, 15) is 0 Å². The molecular weight excluding hydrogens is 122 g/mol. The SMILES string of the molecule is C=C(/C=C/C(=C)CN)CC. The predicted molar refractivity (Wildman–Crippen MR) is 46.8 cm³/mol. The molecule has 0 heterocycles. The summed E-state index contributed by atoms with van der Waals surface area (Å²) in [6.07, 6.45) is 4.84. The third-order valence-electron chi connectivity index (χ3n) is 1.27. The molecule has 0 aromatic rings. The molecule has 0 radical (unpaired) electrons. The molecule has 0 rings (SSSR count). The molecule has 0 aromatic carbocycles. The van der Waals surface area contributed by atoms with E-state index >= 15 is 0 Å². The minimum atomic E-state index is 0.521. The quantitative estimate of drug-likeness (QED) is 0.589. The molecule has 0 bridgehead atoms. The normalized spacial score (nSPS) is 10.2. The van der Waals surface area contributed by atoms with Gasteiger partial charge in [0, 0.05) is 6.54 Å². The van der Waals surface area contributed by atoms with E-state index in [1.54, 1.807) is 0 Å². The Bertz CT molecular complexity index is 136. The van der Waals surface area contributed by atoms with Gasteiger partial charge in [0.15, 0.2) is 0 Å². The van der Waals surface area contributed by atoms with Crippen molar-refractivity contribution in [2.75, 3.05) is 6.54 Å². The smallest absolute Gasteiger partial charge is 0.0172 e. The van der Waals surface area contributed by atoms with Gasteiger partial charge in [0.25, 0.3) is 0 Å². The van der Waals surface area contributed by atoms with Gasteiger partial charge in [-0.05, 0) is 12.0 Å². The summed E-state index contributed by atoms with van der Waals surface area (Å²) in [7, 11) is 0. The summed E-state index contributed by atoms with van der Waals surface area (Å²) < 4.78 is 0. The van der Waals surface area contributed by atoms with Crippen LogP contribution in [0.15, 0.2) is 36.5 Å². The molecule has 0 aliphatic rings. The van der Waals surface area contributed by atoms with Crippen LogP contribution < -0.4 is 5.73 Å². The van der Waals surface area contributed by atoms with Crippen molar-refractivity contribution in [1.82, 2.24) is 0 Å². The Labute approximate surface area is 62.9 Å². The number of allylic oxidation sites excluding steroid dienone is 2. The van der Waals surface area contributed by atoms with Crippen molar-refractivity contribution in [3.63, 3.8) is 0 Å². The van der Waals surface area contributed by atoms with Crippen molar-refractivity contribution in [3.05, 3.63) is 36.5 Å². The first-order valence-corrected chi connectivity index (χ1v) is 3.44. The first-order chi connectivity index (χ1) is 4.70. The molecule has 0 aliphatic heterocycles. The summed E-state index contributed by atoms with van der Waals surface area (Å²) in [5.74, 6) is 0. The first kappa shape index (κ1) is 9.18. The summed E-state index contributed by atoms with van der Waals surface area (Å²) in [5, 5.41) is 0. The molecule has 0 atom stereocenters. The van der Waals surface area contributed by atoms with Crippen molar-refractivity contribution in [2.24, 2.45) is 5.73 Å². The zero-order valence-corrected chi connectivity index (χ0v) is 6.56. The molecule has 2 N–H and O–H groups in total. The lowest BCUT2D eigenvalue weighted by Crippen LogP contribution is -1.98. The first-order valence-electron chi connectivity index (χ1n) is 3.44. The molecule has 0 unspecified atom stereocenters. The lowest BCUT2D eigenvalue weighted by Gasteiger charge is -1.93. The molecule has 0 spiro atoms. The van der Waals surface area contributed by atoms with Crippen LogP contribution in [0.5, 0.6) is 0 Å². The van der Waals surface area contributed by atoms with Gasteiger partial charge in [0.2, 0.25) is 0 Å². The van der Waals surface area contributed by atoms with Crippen LogP contribution in [0.25, 0.3) is 0 Å². The van der Waals surface area contributed by atoms with Crippen LogP contribution in [-0.2, 0) is 0 Å². The summed E-state index contributed by atoms with van der Waals surface area (Å²) in [6.45, 7) is 10.1. The molecule has 0 amide bonds. The average Bonchev–Trinajstić information content (AvgIpc) is 1.99. The summed E-state index contributed by atoms with van der Waals surface area (Å²) in [5.41, 5.74) is 7.36. The van der Waals surface area contributed by atoms with Crippen molar-refractivity contribution >= 4 is 0 Å². The Kier molecular flexibility index (Phi) is 4.59. The van der Waals surface area contributed by atoms with E-state index in [4.69, 9.17) is 5.73 Å². The van der Waals surface area contributed by atoms with Crippen LogP contribution >= 0.6 is 0 Å². The lowest BCUT2D eigenvalue weighted by molar-refractivity contribution is 1.15. The lowest BCUT2D eigenvalue weighted by atomic mass is 10.2. The van der Waals surface area contributed by atoms with Gasteiger partial charge < -0.3 is 5.73 Å². The molecule has 0 fully saturated rings. The topological polar surface area (TPSA) is 26.0 Å². The van der Waals surface area contributed by atoms with E-state index in [0.717, 1.165) is 17.6 Å². The predicted octanol–water partition coefficient (Wildman–Crippen LogP) is 2.02. The summed E-state index contributed by atoms with van der Waals surface area (Å²) in [6, 6.07) is 0. The van der Waals surface area contributed by atoms with Crippen LogP contribution in [0.3, 0.4) is 0 Å². The number of rotatable bonds is 4. The van der Waals surface area contributed by atoms with Crippen LogP contribution in [0, 0.1) is 0 Å². The Hall–Kier alpha value is -0.820. The highest BCUT2D eigenvalue weighted by atomic mass is 14.5. The zero-order chi connectivity index (χ0) is 7.98. The van der Waals surface area contributed by atoms with E-state index in [0.29, 0.717) is 6.54 Å². The highest BCUT2D eigenvalue weighted by Gasteiger charge is 1.83. The second-order valence-electron chi connectivity index (χ2n) is 2.21. The molecule has 0 saturated carbocycles. The highest BCUT2D eigenvalue weighted by Crippen LogP contribution is 2.00. The van der Waals surface area contributed by atoms with Crippen molar-refractivity contribution in [3.8, 4) is 0 Å². The van der Waals surface area contributed by atoms with Gasteiger partial charge in [0.05, 0.1) is 0 Å². The van der Waals surface area contributed by atoms with E-state index in [-0.39, 0.29) is 0 Å². The standard InChI is InChI=1S/C9H15N/c1-4-8(2)5-6-9(3)7-10/h5-6H,2-4,7,10H2,1H3/b6-5+. The molecular formula is C9H15N. The van der Waals surface area contributed by atoms with Crippen LogP contribution in [0.4, 0.5) is 0 Å². The fourth-order valence-corrected chi connectivity index (χ4v) is 0.422. The largest absolute Gasteiger partial charge is 0.327 e.